The maximum atomic E-state index is 13.3. The molecule has 0 aromatic heterocycles. The van der Waals surface area contributed by atoms with Crippen LogP contribution in [0.3, 0.4) is 0 Å². The molecule has 0 bridgehead atoms. The number of halogens is 1. The first-order valence-corrected chi connectivity index (χ1v) is 14.5. The standard InChI is InChI=1S/C31H25IN2O5S/c1-2-38-26-16-20(15-25(32)29(26)39-19-28(35)33-23-12-4-3-5-13-23)17-27-30(36)34(31(37)40-27)18-22-11-8-10-21-9-6-7-14-24(21)22/h3-17H,2,18-19H2,1H3,(H,33,35)/b27-17-. The van der Waals surface area contributed by atoms with Crippen LogP contribution in [-0.2, 0) is 16.1 Å². The Morgan fingerprint density at radius 2 is 1.73 bits per heavy atom. The van der Waals surface area contributed by atoms with Crippen LogP contribution in [0.5, 0.6) is 11.5 Å². The van der Waals surface area contributed by atoms with Crippen molar-refractivity contribution in [2.75, 3.05) is 18.5 Å². The number of hydrogen-bond donors (Lipinski definition) is 1. The van der Waals surface area contributed by atoms with Crippen molar-refractivity contribution in [3.8, 4) is 11.5 Å². The number of thioether (sulfide) groups is 1. The summed E-state index contributed by atoms with van der Waals surface area (Å²) >= 11 is 3.03. The Hall–Kier alpha value is -3.83. The van der Waals surface area contributed by atoms with Crippen LogP contribution >= 0.6 is 34.4 Å². The Labute approximate surface area is 249 Å². The Bertz CT molecular complexity index is 1620. The molecule has 0 saturated carbocycles. The third kappa shape index (κ3) is 6.31. The second-order valence-corrected chi connectivity index (χ2v) is 11.0. The van der Waals surface area contributed by atoms with Gasteiger partial charge in [0.05, 0.1) is 21.6 Å². The van der Waals surface area contributed by atoms with E-state index in [2.05, 4.69) is 27.9 Å². The van der Waals surface area contributed by atoms with Crippen LogP contribution in [0, 0.1) is 3.57 Å². The number of rotatable bonds is 9. The fourth-order valence-corrected chi connectivity index (χ4v) is 5.94. The lowest BCUT2D eigenvalue weighted by molar-refractivity contribution is -0.123. The van der Waals surface area contributed by atoms with Crippen LogP contribution in [0.4, 0.5) is 10.5 Å². The van der Waals surface area contributed by atoms with Crippen molar-refractivity contribution >= 4 is 73.9 Å². The summed E-state index contributed by atoms with van der Waals surface area (Å²) in [5.74, 6) is 0.247. The highest BCUT2D eigenvalue weighted by molar-refractivity contribution is 14.1. The molecule has 5 rings (SSSR count). The molecule has 7 nitrogen and oxygen atoms in total. The fraction of sp³-hybridized carbons (Fsp3) is 0.129. The zero-order valence-corrected chi connectivity index (χ0v) is 24.5. The molecule has 0 unspecified atom stereocenters. The molecule has 1 aliphatic heterocycles. The number of para-hydroxylation sites is 1. The third-order valence-electron chi connectivity index (χ3n) is 6.12. The fourth-order valence-electron chi connectivity index (χ4n) is 4.32. The second kappa shape index (κ2) is 12.6. The van der Waals surface area contributed by atoms with Crippen LogP contribution in [0.25, 0.3) is 16.8 Å². The van der Waals surface area contributed by atoms with E-state index in [0.29, 0.717) is 37.8 Å². The first kappa shape index (κ1) is 27.7. The number of amides is 3. The van der Waals surface area contributed by atoms with Gasteiger partial charge in [-0.15, -0.1) is 0 Å². The summed E-state index contributed by atoms with van der Waals surface area (Å²) in [4.78, 5) is 40.1. The predicted octanol–water partition coefficient (Wildman–Crippen LogP) is 7.10. The minimum absolute atomic E-state index is 0.197. The van der Waals surface area contributed by atoms with Gasteiger partial charge in [0.25, 0.3) is 17.1 Å². The highest BCUT2D eigenvalue weighted by Crippen LogP contribution is 2.38. The smallest absolute Gasteiger partial charge is 0.293 e. The van der Waals surface area contributed by atoms with E-state index in [1.807, 2.05) is 73.7 Å². The van der Waals surface area contributed by atoms with E-state index in [-0.39, 0.29) is 30.2 Å². The number of hydrogen-bond acceptors (Lipinski definition) is 6. The number of anilines is 1. The van der Waals surface area contributed by atoms with Crippen molar-refractivity contribution in [1.29, 1.82) is 0 Å². The molecule has 1 aliphatic rings. The van der Waals surface area contributed by atoms with Gasteiger partial charge in [-0.2, -0.15) is 0 Å². The van der Waals surface area contributed by atoms with Crippen molar-refractivity contribution in [2.45, 2.75) is 13.5 Å². The number of nitrogens with zero attached hydrogens (tertiary/aromatic N) is 1. The lowest BCUT2D eigenvalue weighted by atomic mass is 10.0. The highest BCUT2D eigenvalue weighted by Gasteiger charge is 2.35. The highest BCUT2D eigenvalue weighted by atomic mass is 127. The minimum atomic E-state index is -0.339. The summed E-state index contributed by atoms with van der Waals surface area (Å²) < 4.78 is 12.3. The Morgan fingerprint density at radius 3 is 2.52 bits per heavy atom. The van der Waals surface area contributed by atoms with Gasteiger partial charge in [-0.25, -0.2) is 0 Å². The summed E-state index contributed by atoms with van der Waals surface area (Å²) in [7, 11) is 0. The van der Waals surface area contributed by atoms with Gasteiger partial charge in [-0.05, 0) is 93.5 Å². The molecule has 1 fully saturated rings. The Kier molecular flexibility index (Phi) is 8.71. The van der Waals surface area contributed by atoms with Gasteiger partial charge < -0.3 is 14.8 Å². The number of carbonyl (C=O) groups excluding carboxylic acids is 3. The van der Waals surface area contributed by atoms with Crippen LogP contribution < -0.4 is 14.8 Å². The average molecular weight is 665 g/mol. The van der Waals surface area contributed by atoms with Crippen molar-refractivity contribution in [3.05, 3.63) is 105 Å². The quantitative estimate of drug-likeness (QED) is 0.152. The average Bonchev–Trinajstić information content (AvgIpc) is 3.20. The molecule has 0 aliphatic carbocycles. The van der Waals surface area contributed by atoms with E-state index >= 15 is 0 Å². The molecule has 1 heterocycles. The number of imide groups is 1. The van der Waals surface area contributed by atoms with Gasteiger partial charge in [0.2, 0.25) is 0 Å². The van der Waals surface area contributed by atoms with Gasteiger partial charge in [0.1, 0.15) is 0 Å². The molecule has 4 aromatic carbocycles. The molecule has 0 spiro atoms. The lowest BCUT2D eigenvalue weighted by Gasteiger charge is -2.15. The maximum absolute atomic E-state index is 13.3. The zero-order valence-electron chi connectivity index (χ0n) is 21.6. The number of nitrogens with one attached hydrogen (secondary N) is 1. The van der Waals surface area contributed by atoms with Crippen LogP contribution in [0.15, 0.2) is 89.8 Å². The van der Waals surface area contributed by atoms with Crippen LogP contribution in [0.2, 0.25) is 0 Å². The van der Waals surface area contributed by atoms with E-state index in [1.54, 1.807) is 24.3 Å². The summed E-state index contributed by atoms with van der Waals surface area (Å²) in [6.07, 6.45) is 1.69. The third-order valence-corrected chi connectivity index (χ3v) is 7.83. The van der Waals surface area contributed by atoms with Crippen molar-refractivity contribution in [2.24, 2.45) is 0 Å². The van der Waals surface area contributed by atoms with Crippen LogP contribution in [0.1, 0.15) is 18.1 Å². The summed E-state index contributed by atoms with van der Waals surface area (Å²) in [6.45, 7) is 2.23. The van der Waals surface area contributed by atoms with E-state index in [9.17, 15) is 14.4 Å². The van der Waals surface area contributed by atoms with Crippen LogP contribution in [-0.4, -0.2) is 35.2 Å². The normalized spacial score (nSPS) is 14.2. The topological polar surface area (TPSA) is 84.9 Å². The van der Waals surface area contributed by atoms with E-state index < -0.39 is 0 Å². The van der Waals surface area contributed by atoms with Crippen molar-refractivity contribution in [1.82, 2.24) is 4.90 Å². The molecule has 1 saturated heterocycles. The molecule has 3 amide bonds. The molecule has 4 aromatic rings. The molecule has 202 valence electrons. The van der Waals surface area contributed by atoms with Gasteiger partial charge >= 0.3 is 0 Å². The summed E-state index contributed by atoms with van der Waals surface area (Å²) in [5, 5.41) is 4.54. The molecule has 9 heteroatoms. The molecule has 0 atom stereocenters. The van der Waals surface area contributed by atoms with Gasteiger partial charge in [-0.1, -0.05) is 60.7 Å². The summed E-state index contributed by atoms with van der Waals surface area (Å²) in [5.41, 5.74) is 2.28. The van der Waals surface area contributed by atoms with E-state index in [4.69, 9.17) is 9.47 Å². The van der Waals surface area contributed by atoms with Gasteiger partial charge in [0.15, 0.2) is 18.1 Å². The number of carbonyl (C=O) groups is 3. The van der Waals surface area contributed by atoms with Crippen molar-refractivity contribution < 1.29 is 23.9 Å². The molecular weight excluding hydrogens is 639 g/mol. The number of fused-ring (bicyclic) bond motifs is 1. The molecular formula is C31H25IN2O5S. The zero-order chi connectivity index (χ0) is 28.1. The maximum Gasteiger partial charge on any atom is 0.293 e. The van der Waals surface area contributed by atoms with E-state index in [0.717, 1.165) is 28.1 Å². The van der Waals surface area contributed by atoms with Gasteiger partial charge in [0, 0.05) is 5.69 Å². The summed E-state index contributed by atoms with van der Waals surface area (Å²) in [6, 6.07) is 26.5. The number of benzene rings is 4. The molecule has 1 N–H and O–H groups in total. The monoisotopic (exact) mass is 664 g/mol. The van der Waals surface area contributed by atoms with Crippen molar-refractivity contribution in [3.63, 3.8) is 0 Å². The first-order valence-electron chi connectivity index (χ1n) is 12.6. The number of ether oxygens (including phenoxy) is 2. The minimum Gasteiger partial charge on any atom is -0.490 e. The van der Waals surface area contributed by atoms with Gasteiger partial charge in [-0.3, -0.25) is 19.3 Å². The predicted molar refractivity (Wildman–Crippen MR) is 166 cm³/mol. The first-order chi connectivity index (χ1) is 19.4. The molecule has 40 heavy (non-hydrogen) atoms. The lowest BCUT2D eigenvalue weighted by Crippen LogP contribution is -2.27. The second-order valence-electron chi connectivity index (χ2n) is 8.87. The largest absolute Gasteiger partial charge is 0.490 e. The SMILES string of the molecule is CCOc1cc(/C=C2\SC(=O)N(Cc3cccc4ccccc34)C2=O)cc(I)c1OCC(=O)Nc1ccccc1. The Morgan fingerprint density at radius 1 is 0.975 bits per heavy atom. The Balaban J connectivity index is 1.33. The molecule has 0 radical (unpaired) electrons. The van der Waals surface area contributed by atoms with E-state index in [1.165, 1.54) is 4.90 Å².